The summed E-state index contributed by atoms with van der Waals surface area (Å²) in [6.45, 7) is 0.417. The van der Waals surface area contributed by atoms with Crippen molar-refractivity contribution in [3.05, 3.63) is 40.8 Å². The van der Waals surface area contributed by atoms with Crippen LogP contribution in [0, 0.1) is 4.91 Å². The van der Waals surface area contributed by atoms with Crippen molar-refractivity contribution >= 4 is 5.97 Å². The van der Waals surface area contributed by atoms with Crippen LogP contribution in [0.1, 0.15) is 11.6 Å². The summed E-state index contributed by atoms with van der Waals surface area (Å²) in [6.07, 6.45) is 0. The Morgan fingerprint density at radius 1 is 1.31 bits per heavy atom. The predicted octanol–water partition coefficient (Wildman–Crippen LogP) is 1.68. The van der Waals surface area contributed by atoms with E-state index in [1.165, 1.54) is 7.11 Å². The Morgan fingerprint density at radius 2 is 2.00 bits per heavy atom. The molecule has 0 aliphatic heterocycles. The van der Waals surface area contributed by atoms with E-state index in [0.717, 1.165) is 0 Å². The van der Waals surface area contributed by atoms with E-state index in [2.05, 4.69) is 5.18 Å². The van der Waals surface area contributed by atoms with Gasteiger partial charge >= 0.3 is 5.97 Å². The van der Waals surface area contributed by atoms with Crippen LogP contribution >= 0.6 is 0 Å². The molecule has 0 aromatic heterocycles. The number of hydrogen-bond donors (Lipinski definition) is 0. The highest BCUT2D eigenvalue weighted by molar-refractivity contribution is 5.77. The number of ether oxygens (including phenoxy) is 2. The first-order valence-electron chi connectivity index (χ1n) is 4.82. The van der Waals surface area contributed by atoms with E-state index in [-0.39, 0.29) is 6.61 Å². The molecule has 0 N–H and O–H groups in total. The summed E-state index contributed by atoms with van der Waals surface area (Å²) in [5.74, 6) is -0.654. The number of carbonyl (C=O) groups excluding carboxylic acids is 1. The van der Waals surface area contributed by atoms with Gasteiger partial charge in [0, 0.05) is 7.11 Å². The number of rotatable bonds is 6. The van der Waals surface area contributed by atoms with Crippen LogP contribution in [0.3, 0.4) is 0 Å². The van der Waals surface area contributed by atoms with E-state index in [9.17, 15) is 9.70 Å². The van der Waals surface area contributed by atoms with E-state index >= 15 is 0 Å². The van der Waals surface area contributed by atoms with Gasteiger partial charge in [0.2, 0.25) is 6.04 Å². The first kappa shape index (κ1) is 12.3. The summed E-state index contributed by atoms with van der Waals surface area (Å²) < 4.78 is 9.56. The van der Waals surface area contributed by atoms with Crippen LogP contribution < -0.4 is 0 Å². The molecule has 0 bridgehead atoms. The molecule has 0 aliphatic rings. The van der Waals surface area contributed by atoms with Crippen LogP contribution in [0.5, 0.6) is 0 Å². The molecule has 5 nitrogen and oxygen atoms in total. The van der Waals surface area contributed by atoms with Crippen LogP contribution in [0.25, 0.3) is 0 Å². The highest BCUT2D eigenvalue weighted by Crippen LogP contribution is 2.18. The lowest BCUT2D eigenvalue weighted by molar-refractivity contribution is -0.146. The number of benzene rings is 1. The fraction of sp³-hybridized carbons (Fsp3) is 0.364. The van der Waals surface area contributed by atoms with Crippen LogP contribution in [0.15, 0.2) is 35.5 Å². The Labute approximate surface area is 93.3 Å². The number of nitroso groups, excluding NO2 is 1. The van der Waals surface area contributed by atoms with Crippen molar-refractivity contribution in [2.24, 2.45) is 5.18 Å². The highest BCUT2D eigenvalue weighted by atomic mass is 16.6. The number of methoxy groups -OCH3 is 1. The van der Waals surface area contributed by atoms with E-state index in [1.807, 2.05) is 0 Å². The second-order valence-electron chi connectivity index (χ2n) is 3.08. The minimum atomic E-state index is -1.10. The first-order valence-corrected chi connectivity index (χ1v) is 4.82. The summed E-state index contributed by atoms with van der Waals surface area (Å²) in [5.41, 5.74) is 0.528. The van der Waals surface area contributed by atoms with Gasteiger partial charge < -0.3 is 9.47 Å². The van der Waals surface area contributed by atoms with Crippen molar-refractivity contribution < 1.29 is 14.3 Å². The number of hydrogen-bond acceptors (Lipinski definition) is 5. The fourth-order valence-electron chi connectivity index (χ4n) is 1.18. The minimum Gasteiger partial charge on any atom is -0.461 e. The SMILES string of the molecule is COCCOC(=O)C(N=O)c1ccccc1. The highest BCUT2D eigenvalue weighted by Gasteiger charge is 2.22. The molecule has 16 heavy (non-hydrogen) atoms. The molecule has 1 aromatic carbocycles. The standard InChI is InChI=1S/C11H13NO4/c1-15-7-8-16-11(13)10(12-14)9-5-3-2-4-6-9/h2-6,10H,7-8H2,1H3. The normalized spacial score (nSPS) is 11.8. The van der Waals surface area contributed by atoms with Gasteiger partial charge in [0.15, 0.2) is 0 Å². The van der Waals surface area contributed by atoms with Gasteiger partial charge in [-0.15, -0.1) is 4.91 Å². The Kier molecular flexibility index (Phi) is 5.15. The Hall–Kier alpha value is -1.75. The van der Waals surface area contributed by atoms with Gasteiger partial charge in [-0.2, -0.15) is 0 Å². The first-order chi connectivity index (χ1) is 7.79. The third-order valence-corrected chi connectivity index (χ3v) is 1.98. The molecule has 0 fully saturated rings. The zero-order valence-electron chi connectivity index (χ0n) is 8.96. The zero-order chi connectivity index (χ0) is 11.8. The van der Waals surface area contributed by atoms with Crippen molar-refractivity contribution in [3.8, 4) is 0 Å². The van der Waals surface area contributed by atoms with Crippen molar-refractivity contribution in [2.45, 2.75) is 6.04 Å². The summed E-state index contributed by atoms with van der Waals surface area (Å²) in [7, 11) is 1.50. The molecule has 1 aromatic rings. The summed E-state index contributed by atoms with van der Waals surface area (Å²) in [6, 6.07) is 7.47. The smallest absolute Gasteiger partial charge is 0.339 e. The van der Waals surface area contributed by atoms with Gasteiger partial charge in [-0.05, 0) is 10.7 Å². The third-order valence-electron chi connectivity index (χ3n) is 1.98. The van der Waals surface area contributed by atoms with Crippen LogP contribution in [0.4, 0.5) is 0 Å². The second kappa shape index (κ2) is 6.68. The van der Waals surface area contributed by atoms with Crippen molar-refractivity contribution in [2.75, 3.05) is 20.3 Å². The van der Waals surface area contributed by atoms with E-state index in [0.29, 0.717) is 12.2 Å². The number of esters is 1. The van der Waals surface area contributed by atoms with E-state index < -0.39 is 12.0 Å². The lowest BCUT2D eigenvalue weighted by atomic mass is 10.1. The molecule has 0 aliphatic carbocycles. The summed E-state index contributed by atoms with van der Waals surface area (Å²) >= 11 is 0. The minimum absolute atomic E-state index is 0.119. The topological polar surface area (TPSA) is 65.0 Å². The van der Waals surface area contributed by atoms with Crippen LogP contribution in [-0.2, 0) is 14.3 Å². The molecule has 0 radical (unpaired) electrons. The van der Waals surface area contributed by atoms with Crippen molar-refractivity contribution in [1.82, 2.24) is 0 Å². The molecule has 86 valence electrons. The van der Waals surface area contributed by atoms with Gasteiger partial charge in [0.05, 0.1) is 6.61 Å². The number of carbonyl (C=O) groups is 1. The second-order valence-corrected chi connectivity index (χ2v) is 3.08. The van der Waals surface area contributed by atoms with Crippen molar-refractivity contribution in [3.63, 3.8) is 0 Å². The van der Waals surface area contributed by atoms with E-state index in [4.69, 9.17) is 9.47 Å². The molecule has 0 saturated carbocycles. The molecule has 1 unspecified atom stereocenters. The van der Waals surface area contributed by atoms with Gasteiger partial charge in [-0.1, -0.05) is 30.3 Å². The number of nitrogens with zero attached hydrogens (tertiary/aromatic N) is 1. The quantitative estimate of drug-likeness (QED) is 0.418. The maximum absolute atomic E-state index is 11.5. The molecule has 0 heterocycles. The van der Waals surface area contributed by atoms with Crippen LogP contribution in [0.2, 0.25) is 0 Å². The Balaban J connectivity index is 2.61. The molecule has 0 amide bonds. The predicted molar refractivity (Wildman–Crippen MR) is 57.8 cm³/mol. The third kappa shape index (κ3) is 3.43. The average molecular weight is 223 g/mol. The molecule has 1 rings (SSSR count). The zero-order valence-corrected chi connectivity index (χ0v) is 8.96. The van der Waals surface area contributed by atoms with Crippen LogP contribution in [-0.4, -0.2) is 26.3 Å². The molecule has 5 heteroatoms. The van der Waals surface area contributed by atoms with Gasteiger partial charge in [0.1, 0.15) is 6.61 Å². The molecular weight excluding hydrogens is 210 g/mol. The van der Waals surface area contributed by atoms with E-state index in [1.54, 1.807) is 30.3 Å². The lowest BCUT2D eigenvalue weighted by Crippen LogP contribution is -2.16. The molecule has 0 saturated heterocycles. The molecular formula is C11H13NO4. The average Bonchev–Trinajstić information content (AvgIpc) is 2.32. The largest absolute Gasteiger partial charge is 0.461 e. The Bertz CT molecular complexity index is 339. The van der Waals surface area contributed by atoms with Crippen molar-refractivity contribution in [1.29, 1.82) is 0 Å². The van der Waals surface area contributed by atoms with Gasteiger partial charge in [-0.3, -0.25) is 0 Å². The molecule has 1 atom stereocenters. The maximum atomic E-state index is 11.5. The monoisotopic (exact) mass is 223 g/mol. The fourth-order valence-corrected chi connectivity index (χ4v) is 1.18. The summed E-state index contributed by atoms with van der Waals surface area (Å²) in [4.78, 5) is 22.1. The maximum Gasteiger partial charge on any atom is 0.339 e. The van der Waals surface area contributed by atoms with Gasteiger partial charge in [0.25, 0.3) is 0 Å². The van der Waals surface area contributed by atoms with Gasteiger partial charge in [-0.25, -0.2) is 4.79 Å². The Morgan fingerprint density at radius 3 is 2.56 bits per heavy atom. The molecule has 0 spiro atoms. The summed E-state index contributed by atoms with van der Waals surface area (Å²) in [5, 5.41) is 2.77. The lowest BCUT2D eigenvalue weighted by Gasteiger charge is -2.09.